The number of likely N-dealkylation sites (tertiary alicyclic amines) is 1. The average Bonchev–Trinajstić information content (AvgIpc) is 2.88. The maximum atomic E-state index is 12.5. The summed E-state index contributed by atoms with van der Waals surface area (Å²) in [5.41, 5.74) is 0. The Kier molecular flexibility index (Phi) is 5.61. The summed E-state index contributed by atoms with van der Waals surface area (Å²) in [5, 5.41) is 13.8. The van der Waals surface area contributed by atoms with Crippen LogP contribution in [-0.4, -0.2) is 34.6 Å². The van der Waals surface area contributed by atoms with E-state index in [0.717, 1.165) is 32.1 Å². The number of amides is 2. The lowest BCUT2D eigenvalue weighted by molar-refractivity contribution is -0.139. The van der Waals surface area contributed by atoms with Crippen molar-refractivity contribution in [1.29, 1.82) is 0 Å². The van der Waals surface area contributed by atoms with Gasteiger partial charge in [-0.05, 0) is 30.7 Å². The Morgan fingerprint density at radius 3 is 2.90 bits per heavy atom. The number of thiophene rings is 1. The topological polar surface area (TPSA) is 69.6 Å². The molecule has 5 nitrogen and oxygen atoms in total. The van der Waals surface area contributed by atoms with Crippen LogP contribution in [0.15, 0.2) is 17.5 Å². The molecule has 0 aromatic carbocycles. The monoisotopic (exact) mass is 310 g/mol. The quantitative estimate of drug-likeness (QED) is 0.897. The summed E-state index contributed by atoms with van der Waals surface area (Å²) >= 11 is 1.34. The number of rotatable bonds is 4. The van der Waals surface area contributed by atoms with E-state index in [9.17, 15) is 14.7 Å². The molecule has 2 heterocycles. The number of urea groups is 1. The lowest BCUT2D eigenvalue weighted by Crippen LogP contribution is -2.48. The highest BCUT2D eigenvalue weighted by Crippen LogP contribution is 2.22. The minimum Gasteiger partial charge on any atom is -0.479 e. The fourth-order valence-corrected chi connectivity index (χ4v) is 3.55. The van der Waals surface area contributed by atoms with Gasteiger partial charge < -0.3 is 15.3 Å². The normalized spacial score (nSPS) is 20.6. The molecule has 1 aromatic heterocycles. The van der Waals surface area contributed by atoms with Crippen molar-refractivity contribution in [2.75, 3.05) is 6.54 Å². The Hall–Kier alpha value is -1.56. The summed E-state index contributed by atoms with van der Waals surface area (Å²) in [6.07, 6.45) is 5.16. The Labute approximate surface area is 129 Å². The van der Waals surface area contributed by atoms with Crippen LogP contribution in [0.5, 0.6) is 0 Å². The highest BCUT2D eigenvalue weighted by atomic mass is 32.1. The summed E-state index contributed by atoms with van der Waals surface area (Å²) in [6, 6.07) is 2.53. The third-order valence-corrected chi connectivity index (χ3v) is 4.89. The van der Waals surface area contributed by atoms with E-state index in [2.05, 4.69) is 12.2 Å². The van der Waals surface area contributed by atoms with Crippen molar-refractivity contribution in [1.82, 2.24) is 10.2 Å². The molecule has 0 aliphatic carbocycles. The van der Waals surface area contributed by atoms with Gasteiger partial charge in [0, 0.05) is 17.5 Å². The summed E-state index contributed by atoms with van der Waals surface area (Å²) < 4.78 is 0. The maximum absolute atomic E-state index is 12.5. The van der Waals surface area contributed by atoms with Crippen molar-refractivity contribution in [3.05, 3.63) is 22.4 Å². The lowest BCUT2D eigenvalue weighted by atomic mass is 10.1. The van der Waals surface area contributed by atoms with Gasteiger partial charge in [-0.15, -0.1) is 11.3 Å². The number of carboxylic acids is 1. The molecule has 0 saturated carbocycles. The first kappa shape index (κ1) is 15.8. The SMILES string of the molecule is CCC1CCCCCN1C(=O)NC(C(=O)O)c1cccs1. The Morgan fingerprint density at radius 2 is 2.29 bits per heavy atom. The van der Waals surface area contributed by atoms with Gasteiger partial charge in [0.15, 0.2) is 6.04 Å². The zero-order chi connectivity index (χ0) is 15.2. The van der Waals surface area contributed by atoms with Gasteiger partial charge in [0.1, 0.15) is 0 Å². The largest absolute Gasteiger partial charge is 0.479 e. The zero-order valence-corrected chi connectivity index (χ0v) is 13.1. The van der Waals surface area contributed by atoms with Crippen molar-refractivity contribution in [3.8, 4) is 0 Å². The van der Waals surface area contributed by atoms with Gasteiger partial charge in [-0.1, -0.05) is 25.8 Å². The van der Waals surface area contributed by atoms with E-state index in [1.807, 2.05) is 10.3 Å². The van der Waals surface area contributed by atoms with Gasteiger partial charge in [-0.3, -0.25) is 0 Å². The second-order valence-corrected chi connectivity index (χ2v) is 6.32. The number of hydrogen-bond donors (Lipinski definition) is 2. The number of hydrogen-bond acceptors (Lipinski definition) is 3. The number of nitrogens with one attached hydrogen (secondary N) is 1. The van der Waals surface area contributed by atoms with E-state index >= 15 is 0 Å². The molecule has 0 bridgehead atoms. The molecule has 0 radical (unpaired) electrons. The molecule has 2 N–H and O–H groups in total. The van der Waals surface area contributed by atoms with E-state index in [4.69, 9.17) is 0 Å². The van der Waals surface area contributed by atoms with Gasteiger partial charge in [-0.25, -0.2) is 9.59 Å². The van der Waals surface area contributed by atoms with Crippen LogP contribution in [0, 0.1) is 0 Å². The minimum absolute atomic E-state index is 0.213. The molecule has 6 heteroatoms. The molecule has 1 aromatic rings. The number of carbonyl (C=O) groups excluding carboxylic acids is 1. The fourth-order valence-electron chi connectivity index (χ4n) is 2.79. The van der Waals surface area contributed by atoms with E-state index in [1.54, 1.807) is 12.1 Å². The van der Waals surface area contributed by atoms with Crippen LogP contribution in [0.25, 0.3) is 0 Å². The number of aliphatic carboxylic acids is 1. The highest BCUT2D eigenvalue weighted by Gasteiger charge is 2.29. The molecule has 21 heavy (non-hydrogen) atoms. The Morgan fingerprint density at radius 1 is 1.48 bits per heavy atom. The van der Waals surface area contributed by atoms with Crippen molar-refractivity contribution in [3.63, 3.8) is 0 Å². The molecular formula is C15H22N2O3S. The van der Waals surface area contributed by atoms with Crippen molar-refractivity contribution >= 4 is 23.3 Å². The van der Waals surface area contributed by atoms with Crippen LogP contribution in [0.1, 0.15) is 49.9 Å². The van der Waals surface area contributed by atoms with Gasteiger partial charge in [0.05, 0.1) is 0 Å². The van der Waals surface area contributed by atoms with Gasteiger partial charge in [0.2, 0.25) is 0 Å². The molecule has 1 aliphatic rings. The average molecular weight is 310 g/mol. The van der Waals surface area contributed by atoms with Crippen LogP contribution in [0.3, 0.4) is 0 Å². The molecule has 2 rings (SSSR count). The van der Waals surface area contributed by atoms with Crippen LogP contribution in [0.4, 0.5) is 4.79 Å². The predicted molar refractivity (Wildman–Crippen MR) is 82.5 cm³/mol. The van der Waals surface area contributed by atoms with Gasteiger partial charge in [0.25, 0.3) is 0 Å². The molecule has 1 saturated heterocycles. The lowest BCUT2D eigenvalue weighted by Gasteiger charge is -2.30. The first-order chi connectivity index (χ1) is 10.1. The molecule has 2 amide bonds. The maximum Gasteiger partial charge on any atom is 0.331 e. The van der Waals surface area contributed by atoms with Gasteiger partial charge >= 0.3 is 12.0 Å². The molecule has 2 unspecified atom stereocenters. The minimum atomic E-state index is -1.02. The highest BCUT2D eigenvalue weighted by molar-refractivity contribution is 7.10. The number of nitrogens with zero attached hydrogens (tertiary/aromatic N) is 1. The van der Waals surface area contributed by atoms with Crippen LogP contribution in [-0.2, 0) is 4.79 Å². The smallest absolute Gasteiger partial charge is 0.331 e. The number of carboxylic acid groups (broad SMARTS) is 1. The Balaban J connectivity index is 2.08. The standard InChI is InChI=1S/C15H22N2O3S/c1-2-11-7-4-3-5-9-17(11)15(20)16-13(14(18)19)12-8-6-10-21-12/h6,8,10-11,13H,2-5,7,9H2,1H3,(H,16,20)(H,18,19). The molecule has 1 fully saturated rings. The molecule has 2 atom stereocenters. The predicted octanol–water partition coefficient (Wildman–Crippen LogP) is 3.24. The fraction of sp³-hybridized carbons (Fsp3) is 0.600. The molecule has 116 valence electrons. The third-order valence-electron chi connectivity index (χ3n) is 3.95. The van der Waals surface area contributed by atoms with Crippen molar-refractivity contribution in [2.24, 2.45) is 0 Å². The summed E-state index contributed by atoms with van der Waals surface area (Å²) in [5.74, 6) is -1.02. The van der Waals surface area contributed by atoms with Crippen molar-refractivity contribution in [2.45, 2.75) is 51.1 Å². The molecular weight excluding hydrogens is 288 g/mol. The van der Waals surface area contributed by atoms with E-state index in [0.29, 0.717) is 11.4 Å². The first-order valence-electron chi connectivity index (χ1n) is 7.46. The second-order valence-electron chi connectivity index (χ2n) is 5.34. The molecule has 0 spiro atoms. The number of carbonyl (C=O) groups is 2. The van der Waals surface area contributed by atoms with Crippen LogP contribution >= 0.6 is 11.3 Å². The summed E-state index contributed by atoms with van der Waals surface area (Å²) in [7, 11) is 0. The first-order valence-corrected chi connectivity index (χ1v) is 8.34. The van der Waals surface area contributed by atoms with Crippen LogP contribution in [0.2, 0.25) is 0 Å². The Bertz CT molecular complexity index is 475. The van der Waals surface area contributed by atoms with E-state index < -0.39 is 12.0 Å². The van der Waals surface area contributed by atoms with Crippen molar-refractivity contribution < 1.29 is 14.7 Å². The van der Waals surface area contributed by atoms with Crippen LogP contribution < -0.4 is 5.32 Å². The third kappa shape index (κ3) is 3.97. The van der Waals surface area contributed by atoms with Gasteiger partial charge in [-0.2, -0.15) is 0 Å². The van der Waals surface area contributed by atoms with E-state index in [-0.39, 0.29) is 12.1 Å². The zero-order valence-electron chi connectivity index (χ0n) is 12.2. The summed E-state index contributed by atoms with van der Waals surface area (Å²) in [6.45, 7) is 2.78. The van der Waals surface area contributed by atoms with E-state index in [1.165, 1.54) is 11.3 Å². The molecule has 1 aliphatic heterocycles. The second kappa shape index (κ2) is 7.45. The summed E-state index contributed by atoms with van der Waals surface area (Å²) in [4.78, 5) is 26.4.